The van der Waals surface area contributed by atoms with Crippen molar-refractivity contribution < 1.29 is 13.2 Å². The van der Waals surface area contributed by atoms with Crippen molar-refractivity contribution in [3.8, 4) is 0 Å². The standard InChI is InChI=1S/C5H8N4O3S/c1-2-13(11,12)5(10)3-4(6)8-9-7-3/h2H2,1H3,(H3,6,7,8,9). The van der Waals surface area contributed by atoms with Gasteiger partial charge in [-0.15, -0.1) is 10.2 Å². The summed E-state index contributed by atoms with van der Waals surface area (Å²) in [6.07, 6.45) is 0. The number of nitrogens with two attached hydrogens (primary N) is 1. The van der Waals surface area contributed by atoms with Crippen molar-refractivity contribution in [2.24, 2.45) is 0 Å². The summed E-state index contributed by atoms with van der Waals surface area (Å²) in [5.41, 5.74) is 4.86. The number of aromatic amines is 1. The van der Waals surface area contributed by atoms with Crippen molar-refractivity contribution in [2.45, 2.75) is 6.92 Å². The number of carbonyl (C=O) groups is 1. The number of carbonyl (C=O) groups excluding carboxylic acids is 1. The molecule has 0 atom stereocenters. The zero-order valence-electron chi connectivity index (χ0n) is 6.81. The maximum Gasteiger partial charge on any atom is 0.300 e. The molecule has 0 aliphatic heterocycles. The van der Waals surface area contributed by atoms with Crippen molar-refractivity contribution in [2.75, 3.05) is 11.5 Å². The van der Waals surface area contributed by atoms with Gasteiger partial charge in [0.05, 0.1) is 5.75 Å². The molecule has 72 valence electrons. The number of nitrogens with zero attached hydrogens (tertiary/aromatic N) is 2. The minimum absolute atomic E-state index is 0.206. The molecule has 1 aromatic rings. The van der Waals surface area contributed by atoms with Gasteiger partial charge in [-0.3, -0.25) is 4.79 Å². The lowest BCUT2D eigenvalue weighted by molar-refractivity contribution is 0.107. The SMILES string of the molecule is CCS(=O)(=O)C(=O)c1n[nH]nc1N. The molecule has 0 saturated heterocycles. The second kappa shape index (κ2) is 3.13. The summed E-state index contributed by atoms with van der Waals surface area (Å²) in [7, 11) is -3.79. The third kappa shape index (κ3) is 1.66. The highest BCUT2D eigenvalue weighted by Gasteiger charge is 2.26. The van der Waals surface area contributed by atoms with Crippen molar-refractivity contribution >= 4 is 20.8 Å². The number of sulfone groups is 1. The first-order valence-corrected chi connectivity index (χ1v) is 5.07. The average Bonchev–Trinajstić information content (AvgIpc) is 2.50. The number of H-pyrrole nitrogens is 1. The molecule has 1 aromatic heterocycles. The van der Waals surface area contributed by atoms with E-state index in [9.17, 15) is 13.2 Å². The van der Waals surface area contributed by atoms with Gasteiger partial charge in [0.25, 0.3) is 0 Å². The molecule has 0 radical (unpaired) electrons. The van der Waals surface area contributed by atoms with E-state index in [1.807, 2.05) is 0 Å². The molecule has 0 aliphatic carbocycles. The minimum Gasteiger partial charge on any atom is -0.380 e. The van der Waals surface area contributed by atoms with Crippen LogP contribution >= 0.6 is 0 Å². The lowest BCUT2D eigenvalue weighted by Gasteiger charge is -1.95. The first-order valence-electron chi connectivity index (χ1n) is 3.42. The summed E-state index contributed by atoms with van der Waals surface area (Å²) < 4.78 is 22.1. The van der Waals surface area contributed by atoms with E-state index in [1.165, 1.54) is 6.92 Å². The Morgan fingerprint density at radius 3 is 2.54 bits per heavy atom. The number of rotatable bonds is 2. The fraction of sp³-hybridized carbons (Fsp3) is 0.400. The molecule has 1 heterocycles. The first kappa shape index (κ1) is 9.65. The van der Waals surface area contributed by atoms with Gasteiger partial charge < -0.3 is 5.73 Å². The highest BCUT2D eigenvalue weighted by molar-refractivity contribution is 8.06. The second-order valence-corrected chi connectivity index (χ2v) is 4.43. The Bertz CT molecular complexity index is 421. The van der Waals surface area contributed by atoms with Gasteiger partial charge in [-0.2, -0.15) is 5.21 Å². The molecular weight excluding hydrogens is 196 g/mol. The van der Waals surface area contributed by atoms with Gasteiger partial charge in [0.1, 0.15) is 0 Å². The van der Waals surface area contributed by atoms with E-state index in [1.54, 1.807) is 0 Å². The zero-order valence-corrected chi connectivity index (χ0v) is 7.63. The molecule has 0 unspecified atom stereocenters. The maximum atomic E-state index is 11.2. The molecule has 8 heteroatoms. The Morgan fingerprint density at radius 2 is 2.15 bits per heavy atom. The predicted octanol–water partition coefficient (Wildman–Crippen LogP) is -1.04. The Kier molecular flexibility index (Phi) is 2.32. The summed E-state index contributed by atoms with van der Waals surface area (Å²) in [6, 6.07) is 0. The fourth-order valence-corrected chi connectivity index (χ4v) is 1.37. The van der Waals surface area contributed by atoms with Crippen molar-refractivity contribution in [3.05, 3.63) is 5.69 Å². The summed E-state index contributed by atoms with van der Waals surface area (Å²) in [4.78, 5) is 11.2. The first-order chi connectivity index (χ1) is 5.99. The number of nitrogens with one attached hydrogen (secondary N) is 1. The van der Waals surface area contributed by atoms with Crippen LogP contribution in [0, 0.1) is 0 Å². The molecule has 0 aromatic carbocycles. The molecule has 0 spiro atoms. The minimum atomic E-state index is -3.79. The molecule has 0 fully saturated rings. The van der Waals surface area contributed by atoms with Crippen LogP contribution < -0.4 is 5.73 Å². The van der Waals surface area contributed by atoms with E-state index in [0.29, 0.717) is 0 Å². The normalized spacial score (nSPS) is 11.5. The Hall–Kier alpha value is -1.44. The van der Waals surface area contributed by atoms with Crippen LogP contribution in [0.15, 0.2) is 0 Å². The van der Waals surface area contributed by atoms with Gasteiger partial charge in [-0.05, 0) is 0 Å². The lowest BCUT2D eigenvalue weighted by Crippen LogP contribution is -2.18. The van der Waals surface area contributed by atoms with Crippen LogP contribution in [-0.4, -0.2) is 34.7 Å². The highest BCUT2D eigenvalue weighted by atomic mass is 32.2. The summed E-state index contributed by atoms with van der Waals surface area (Å²) >= 11 is 0. The molecule has 0 aliphatic rings. The van der Waals surface area contributed by atoms with E-state index in [2.05, 4.69) is 15.4 Å². The Morgan fingerprint density at radius 1 is 1.54 bits per heavy atom. The van der Waals surface area contributed by atoms with E-state index in [0.717, 1.165) is 0 Å². The van der Waals surface area contributed by atoms with Crippen LogP contribution in [0.1, 0.15) is 17.4 Å². The van der Waals surface area contributed by atoms with Gasteiger partial charge in [0, 0.05) is 0 Å². The zero-order chi connectivity index (χ0) is 10.1. The third-order valence-electron chi connectivity index (χ3n) is 1.43. The van der Waals surface area contributed by atoms with E-state index in [-0.39, 0.29) is 17.3 Å². The van der Waals surface area contributed by atoms with Crippen LogP contribution in [0.2, 0.25) is 0 Å². The van der Waals surface area contributed by atoms with Crippen LogP contribution in [0.25, 0.3) is 0 Å². The molecule has 0 saturated carbocycles. The maximum absolute atomic E-state index is 11.2. The van der Waals surface area contributed by atoms with Crippen molar-refractivity contribution in [3.63, 3.8) is 0 Å². The molecule has 1 rings (SSSR count). The summed E-state index contributed by atoms with van der Waals surface area (Å²) in [5.74, 6) is -0.486. The topological polar surface area (TPSA) is 119 Å². The predicted molar refractivity (Wildman–Crippen MR) is 44.6 cm³/mol. The second-order valence-electron chi connectivity index (χ2n) is 2.25. The fourth-order valence-electron chi connectivity index (χ4n) is 0.668. The number of anilines is 1. The van der Waals surface area contributed by atoms with Crippen LogP contribution in [0.3, 0.4) is 0 Å². The highest BCUT2D eigenvalue weighted by Crippen LogP contribution is 2.08. The van der Waals surface area contributed by atoms with Gasteiger partial charge >= 0.3 is 5.12 Å². The largest absolute Gasteiger partial charge is 0.380 e. The van der Waals surface area contributed by atoms with E-state index < -0.39 is 15.0 Å². The smallest absolute Gasteiger partial charge is 0.300 e. The third-order valence-corrected chi connectivity index (χ3v) is 2.95. The molecule has 13 heavy (non-hydrogen) atoms. The number of nitrogen functional groups attached to an aromatic ring is 1. The average molecular weight is 204 g/mol. The number of hydrogen-bond donors (Lipinski definition) is 2. The van der Waals surface area contributed by atoms with E-state index in [4.69, 9.17) is 5.73 Å². The van der Waals surface area contributed by atoms with Crippen molar-refractivity contribution in [1.29, 1.82) is 0 Å². The van der Waals surface area contributed by atoms with Crippen molar-refractivity contribution in [1.82, 2.24) is 15.4 Å². The van der Waals surface area contributed by atoms with Gasteiger partial charge in [-0.25, -0.2) is 8.42 Å². The van der Waals surface area contributed by atoms with Crippen LogP contribution in [0.5, 0.6) is 0 Å². The van der Waals surface area contributed by atoms with E-state index >= 15 is 0 Å². The molecule has 7 nitrogen and oxygen atoms in total. The molecule has 0 bridgehead atoms. The quantitative estimate of drug-likeness (QED) is 0.635. The monoisotopic (exact) mass is 204 g/mol. The summed E-state index contributed by atoms with van der Waals surface area (Å²) in [5, 5.41) is 7.65. The Labute approximate surface area is 74.2 Å². The summed E-state index contributed by atoms with van der Waals surface area (Å²) in [6.45, 7) is 1.36. The van der Waals surface area contributed by atoms with Gasteiger partial charge in [0.2, 0.25) is 9.84 Å². The Balaban J connectivity index is 3.14. The number of hydrogen-bond acceptors (Lipinski definition) is 6. The van der Waals surface area contributed by atoms with Gasteiger partial charge in [-0.1, -0.05) is 6.92 Å². The molecule has 3 N–H and O–H groups in total. The molecular formula is C5H8N4O3S. The molecule has 0 amide bonds. The van der Waals surface area contributed by atoms with Crippen LogP contribution in [-0.2, 0) is 9.84 Å². The van der Waals surface area contributed by atoms with Gasteiger partial charge in [0.15, 0.2) is 11.5 Å². The number of aromatic nitrogens is 3. The van der Waals surface area contributed by atoms with Crippen LogP contribution in [0.4, 0.5) is 5.82 Å². The lowest BCUT2D eigenvalue weighted by atomic mass is 10.5.